The number of piperidine rings is 1. The van der Waals surface area contributed by atoms with Crippen LogP contribution in [-0.4, -0.2) is 36.5 Å². The molecule has 0 saturated carbocycles. The van der Waals surface area contributed by atoms with E-state index in [9.17, 15) is 9.59 Å². The van der Waals surface area contributed by atoms with Gasteiger partial charge in [-0.05, 0) is 30.9 Å². The average Bonchev–Trinajstić information content (AvgIpc) is 2.48. The number of imide groups is 1. The number of rotatable bonds is 2. The first-order chi connectivity index (χ1) is 10.6. The van der Waals surface area contributed by atoms with Crippen molar-refractivity contribution in [1.29, 1.82) is 0 Å². The topological polar surface area (TPSA) is 79.5 Å². The van der Waals surface area contributed by atoms with E-state index >= 15 is 0 Å². The van der Waals surface area contributed by atoms with Crippen molar-refractivity contribution >= 4 is 17.5 Å². The number of hydrogen-bond donors (Lipinski definition) is 3. The minimum absolute atomic E-state index is 0.0414. The number of anilines is 1. The van der Waals surface area contributed by atoms with Crippen LogP contribution in [0.5, 0.6) is 5.75 Å². The summed E-state index contributed by atoms with van der Waals surface area (Å²) < 4.78 is 6.17. The highest BCUT2D eigenvalue weighted by molar-refractivity contribution is 6.01. The lowest BCUT2D eigenvalue weighted by Gasteiger charge is -2.45. The summed E-state index contributed by atoms with van der Waals surface area (Å²) in [4.78, 5) is 23.0. The van der Waals surface area contributed by atoms with Crippen LogP contribution in [0.1, 0.15) is 24.8 Å². The highest BCUT2D eigenvalue weighted by Crippen LogP contribution is 2.37. The first kappa shape index (κ1) is 13.6. The maximum Gasteiger partial charge on any atom is 0.249 e. The molecule has 1 unspecified atom stereocenters. The Morgan fingerprint density at radius 1 is 1.23 bits per heavy atom. The van der Waals surface area contributed by atoms with E-state index < -0.39 is 0 Å². The number of hydrogen-bond acceptors (Lipinski definition) is 5. The quantitative estimate of drug-likeness (QED) is 0.696. The van der Waals surface area contributed by atoms with Gasteiger partial charge >= 0.3 is 0 Å². The smallest absolute Gasteiger partial charge is 0.249 e. The molecule has 0 aliphatic carbocycles. The molecule has 3 aliphatic rings. The standard InChI is InChI=1S/C16H19N3O3/c20-14-4-3-12(15(21)19-14)18-11-2-1-10-5-6-16(8-17-9-16)22-13(10)7-11/h1-2,7,12,17-18H,3-6,8-9H2,(H,19,20,21). The molecule has 3 aliphatic heterocycles. The molecule has 1 spiro atoms. The zero-order valence-electron chi connectivity index (χ0n) is 12.3. The lowest BCUT2D eigenvalue weighted by molar-refractivity contribution is -0.133. The molecule has 2 amide bonds. The lowest BCUT2D eigenvalue weighted by Crippen LogP contribution is -2.64. The lowest BCUT2D eigenvalue weighted by atomic mass is 9.86. The first-order valence-corrected chi connectivity index (χ1v) is 7.77. The van der Waals surface area contributed by atoms with E-state index in [1.165, 1.54) is 5.56 Å². The molecular weight excluding hydrogens is 282 g/mol. The Kier molecular flexibility index (Phi) is 3.07. The molecule has 0 aromatic heterocycles. The van der Waals surface area contributed by atoms with Crippen molar-refractivity contribution in [1.82, 2.24) is 10.6 Å². The van der Waals surface area contributed by atoms with Crippen LogP contribution in [0.15, 0.2) is 18.2 Å². The summed E-state index contributed by atoms with van der Waals surface area (Å²) in [7, 11) is 0. The Hall–Kier alpha value is -2.08. The monoisotopic (exact) mass is 301 g/mol. The van der Waals surface area contributed by atoms with Gasteiger partial charge in [0.05, 0.1) is 0 Å². The summed E-state index contributed by atoms with van der Waals surface area (Å²) in [6, 6.07) is 5.64. The number of fused-ring (bicyclic) bond motifs is 1. The van der Waals surface area contributed by atoms with Gasteiger partial charge in [-0.3, -0.25) is 14.9 Å². The van der Waals surface area contributed by atoms with Gasteiger partial charge in [0.2, 0.25) is 11.8 Å². The fourth-order valence-electron chi connectivity index (χ4n) is 3.28. The second-order valence-electron chi connectivity index (χ2n) is 6.36. The third-order valence-electron chi connectivity index (χ3n) is 4.72. The number of carbonyl (C=O) groups excluding carboxylic acids is 2. The molecule has 0 radical (unpaired) electrons. The molecular formula is C16H19N3O3. The Morgan fingerprint density at radius 2 is 2.09 bits per heavy atom. The molecule has 6 heteroatoms. The summed E-state index contributed by atoms with van der Waals surface area (Å²) in [5.41, 5.74) is 2.03. The molecule has 0 bridgehead atoms. The maximum atomic E-state index is 11.8. The molecule has 2 saturated heterocycles. The van der Waals surface area contributed by atoms with E-state index in [4.69, 9.17) is 4.74 Å². The number of amides is 2. The van der Waals surface area contributed by atoms with Gasteiger partial charge in [0, 0.05) is 31.3 Å². The summed E-state index contributed by atoms with van der Waals surface area (Å²) in [6.45, 7) is 1.80. The van der Waals surface area contributed by atoms with Gasteiger partial charge in [-0.15, -0.1) is 0 Å². The third kappa shape index (κ3) is 2.33. The third-order valence-corrected chi connectivity index (χ3v) is 4.72. The molecule has 4 rings (SSSR count). The van der Waals surface area contributed by atoms with Crippen molar-refractivity contribution in [2.24, 2.45) is 0 Å². The van der Waals surface area contributed by atoms with Gasteiger partial charge in [0.15, 0.2) is 0 Å². The Labute approximate surface area is 128 Å². The van der Waals surface area contributed by atoms with Crippen molar-refractivity contribution in [3.63, 3.8) is 0 Å². The van der Waals surface area contributed by atoms with Crippen LogP contribution in [0.2, 0.25) is 0 Å². The second kappa shape index (κ2) is 4.98. The van der Waals surface area contributed by atoms with Crippen molar-refractivity contribution in [3.8, 4) is 5.75 Å². The molecule has 1 aromatic carbocycles. The van der Waals surface area contributed by atoms with Crippen LogP contribution in [-0.2, 0) is 16.0 Å². The van der Waals surface area contributed by atoms with Gasteiger partial charge in [-0.1, -0.05) is 6.07 Å². The number of ether oxygens (including phenoxy) is 1. The molecule has 116 valence electrons. The van der Waals surface area contributed by atoms with Crippen LogP contribution in [0, 0.1) is 0 Å². The summed E-state index contributed by atoms with van der Waals surface area (Å²) in [6.07, 6.45) is 2.97. The SMILES string of the molecule is O=C1CCC(Nc2ccc3c(c2)OC2(CC3)CNC2)C(=O)N1. The van der Waals surface area contributed by atoms with E-state index in [1.54, 1.807) is 0 Å². The van der Waals surface area contributed by atoms with Crippen molar-refractivity contribution in [2.45, 2.75) is 37.3 Å². The number of benzene rings is 1. The summed E-state index contributed by atoms with van der Waals surface area (Å²) in [5.74, 6) is 0.454. The average molecular weight is 301 g/mol. The molecule has 3 N–H and O–H groups in total. The predicted octanol–water partition coefficient (Wildman–Crippen LogP) is 0.571. The van der Waals surface area contributed by atoms with Gasteiger partial charge < -0.3 is 15.4 Å². The maximum absolute atomic E-state index is 11.8. The van der Waals surface area contributed by atoms with Crippen molar-refractivity contribution in [3.05, 3.63) is 23.8 Å². The highest BCUT2D eigenvalue weighted by atomic mass is 16.5. The molecule has 2 fully saturated rings. The van der Waals surface area contributed by atoms with E-state index in [0.29, 0.717) is 12.8 Å². The zero-order valence-corrected chi connectivity index (χ0v) is 12.3. The molecule has 6 nitrogen and oxygen atoms in total. The van der Waals surface area contributed by atoms with E-state index in [0.717, 1.165) is 37.4 Å². The normalized spacial score (nSPS) is 25.7. The number of carbonyl (C=O) groups is 2. The first-order valence-electron chi connectivity index (χ1n) is 7.77. The van der Waals surface area contributed by atoms with Gasteiger partial charge in [-0.25, -0.2) is 0 Å². The van der Waals surface area contributed by atoms with Crippen molar-refractivity contribution in [2.75, 3.05) is 18.4 Å². The number of nitrogens with one attached hydrogen (secondary N) is 3. The fourth-order valence-corrected chi connectivity index (χ4v) is 3.28. The van der Waals surface area contributed by atoms with E-state index in [-0.39, 0.29) is 23.5 Å². The van der Waals surface area contributed by atoms with Gasteiger partial charge in [-0.2, -0.15) is 0 Å². The second-order valence-corrected chi connectivity index (χ2v) is 6.36. The Bertz CT molecular complexity index is 640. The van der Waals surface area contributed by atoms with Crippen LogP contribution in [0.25, 0.3) is 0 Å². The minimum Gasteiger partial charge on any atom is -0.484 e. The van der Waals surface area contributed by atoms with Crippen LogP contribution >= 0.6 is 0 Å². The molecule has 1 atom stereocenters. The summed E-state index contributed by atoms with van der Waals surface area (Å²) in [5, 5.41) is 8.84. The number of aryl methyl sites for hydroxylation is 1. The Balaban J connectivity index is 1.50. The zero-order chi connectivity index (χ0) is 15.2. The van der Waals surface area contributed by atoms with Crippen LogP contribution < -0.4 is 20.7 Å². The highest BCUT2D eigenvalue weighted by Gasteiger charge is 2.42. The van der Waals surface area contributed by atoms with Gasteiger partial charge in [0.25, 0.3) is 0 Å². The van der Waals surface area contributed by atoms with Crippen LogP contribution in [0.3, 0.4) is 0 Å². The largest absolute Gasteiger partial charge is 0.484 e. The molecule has 3 heterocycles. The van der Waals surface area contributed by atoms with Crippen LogP contribution in [0.4, 0.5) is 5.69 Å². The van der Waals surface area contributed by atoms with Gasteiger partial charge in [0.1, 0.15) is 17.4 Å². The van der Waals surface area contributed by atoms with Crippen molar-refractivity contribution < 1.29 is 14.3 Å². The van der Waals surface area contributed by atoms with E-state index in [2.05, 4.69) is 22.0 Å². The van der Waals surface area contributed by atoms with E-state index in [1.807, 2.05) is 12.1 Å². The summed E-state index contributed by atoms with van der Waals surface area (Å²) >= 11 is 0. The minimum atomic E-state index is -0.362. The Morgan fingerprint density at radius 3 is 2.82 bits per heavy atom. The molecule has 1 aromatic rings. The fraction of sp³-hybridized carbons (Fsp3) is 0.500. The molecule has 22 heavy (non-hydrogen) atoms. The predicted molar refractivity (Wildman–Crippen MR) is 80.8 cm³/mol.